The summed E-state index contributed by atoms with van der Waals surface area (Å²) in [5.41, 5.74) is 5.15. The second-order valence-corrected chi connectivity index (χ2v) is 5.34. The Labute approximate surface area is 126 Å². The number of rotatable bonds is 4. The molecule has 21 heavy (non-hydrogen) atoms. The van der Waals surface area contributed by atoms with E-state index in [0.29, 0.717) is 11.5 Å². The van der Waals surface area contributed by atoms with Crippen molar-refractivity contribution in [2.75, 3.05) is 14.2 Å². The lowest BCUT2D eigenvalue weighted by Crippen LogP contribution is -2.04. The Hall–Kier alpha value is -2.00. The van der Waals surface area contributed by atoms with Crippen molar-refractivity contribution in [1.29, 1.82) is 0 Å². The van der Waals surface area contributed by atoms with Gasteiger partial charge in [0.25, 0.3) is 0 Å². The number of ether oxygens (including phenoxy) is 2. The van der Waals surface area contributed by atoms with Crippen LogP contribution in [0, 0.1) is 20.8 Å². The number of aliphatic hydroxyl groups excluding tert-OH is 1. The van der Waals surface area contributed by atoms with Crippen molar-refractivity contribution in [3.8, 4) is 11.5 Å². The number of methoxy groups -OCH3 is 2. The molecule has 0 amide bonds. The van der Waals surface area contributed by atoms with E-state index in [2.05, 4.69) is 19.9 Å². The Morgan fingerprint density at radius 1 is 0.762 bits per heavy atom. The molecule has 1 N–H and O–H groups in total. The van der Waals surface area contributed by atoms with Gasteiger partial charge < -0.3 is 14.6 Å². The lowest BCUT2D eigenvalue weighted by molar-refractivity contribution is 0.218. The van der Waals surface area contributed by atoms with Crippen LogP contribution in [0.3, 0.4) is 0 Å². The van der Waals surface area contributed by atoms with Crippen LogP contribution in [0.1, 0.15) is 33.9 Å². The Morgan fingerprint density at radius 3 is 1.81 bits per heavy atom. The molecule has 3 heteroatoms. The molecular formula is C18H22O3. The van der Waals surface area contributed by atoms with Gasteiger partial charge in [0, 0.05) is 6.07 Å². The summed E-state index contributed by atoms with van der Waals surface area (Å²) in [7, 11) is 3.21. The molecule has 2 aromatic rings. The monoisotopic (exact) mass is 286 g/mol. The molecule has 0 heterocycles. The predicted octanol–water partition coefficient (Wildman–Crippen LogP) is 3.71. The van der Waals surface area contributed by atoms with Gasteiger partial charge >= 0.3 is 0 Å². The summed E-state index contributed by atoms with van der Waals surface area (Å²) in [4.78, 5) is 0. The van der Waals surface area contributed by atoms with Crippen LogP contribution in [-0.4, -0.2) is 19.3 Å². The second kappa shape index (κ2) is 6.19. The van der Waals surface area contributed by atoms with E-state index in [4.69, 9.17) is 9.47 Å². The van der Waals surface area contributed by atoms with Gasteiger partial charge in [-0.1, -0.05) is 12.1 Å². The summed E-state index contributed by atoms with van der Waals surface area (Å²) in [6.45, 7) is 6.15. The van der Waals surface area contributed by atoms with Gasteiger partial charge in [-0.15, -0.1) is 0 Å². The van der Waals surface area contributed by atoms with Crippen LogP contribution in [0.5, 0.6) is 11.5 Å². The van der Waals surface area contributed by atoms with E-state index < -0.39 is 6.10 Å². The molecule has 1 atom stereocenters. The van der Waals surface area contributed by atoms with E-state index in [-0.39, 0.29) is 0 Å². The van der Waals surface area contributed by atoms with Gasteiger partial charge in [0.1, 0.15) is 17.6 Å². The summed E-state index contributed by atoms with van der Waals surface area (Å²) in [6.07, 6.45) is -0.701. The van der Waals surface area contributed by atoms with Crippen molar-refractivity contribution in [3.63, 3.8) is 0 Å². The van der Waals surface area contributed by atoms with Crippen LogP contribution in [0.2, 0.25) is 0 Å². The van der Waals surface area contributed by atoms with E-state index in [1.807, 2.05) is 25.1 Å². The Kier molecular flexibility index (Phi) is 4.53. The molecule has 0 fully saturated rings. The minimum absolute atomic E-state index is 0.671. The number of hydrogen-bond acceptors (Lipinski definition) is 3. The van der Waals surface area contributed by atoms with Crippen molar-refractivity contribution in [2.24, 2.45) is 0 Å². The molecule has 112 valence electrons. The first-order valence-electron chi connectivity index (χ1n) is 6.95. The Morgan fingerprint density at radius 2 is 1.29 bits per heavy atom. The minimum atomic E-state index is -0.701. The number of aliphatic hydroxyl groups is 1. The topological polar surface area (TPSA) is 38.7 Å². The molecule has 0 saturated carbocycles. The largest absolute Gasteiger partial charge is 0.497 e. The molecule has 0 saturated heterocycles. The fourth-order valence-corrected chi connectivity index (χ4v) is 2.44. The van der Waals surface area contributed by atoms with Crippen LogP contribution in [0.4, 0.5) is 0 Å². The smallest absolute Gasteiger partial charge is 0.122 e. The van der Waals surface area contributed by atoms with E-state index in [0.717, 1.165) is 16.7 Å². The van der Waals surface area contributed by atoms with Crippen molar-refractivity contribution < 1.29 is 14.6 Å². The normalized spacial score (nSPS) is 12.1. The minimum Gasteiger partial charge on any atom is -0.497 e. The van der Waals surface area contributed by atoms with Crippen molar-refractivity contribution in [1.82, 2.24) is 0 Å². The quantitative estimate of drug-likeness (QED) is 0.931. The molecule has 0 radical (unpaired) electrons. The SMILES string of the molecule is COc1cc(OC)cc(C(O)c2cc(C)c(C)cc2C)c1. The van der Waals surface area contributed by atoms with Crippen LogP contribution in [0.25, 0.3) is 0 Å². The summed E-state index contributed by atoms with van der Waals surface area (Å²) < 4.78 is 10.5. The zero-order chi connectivity index (χ0) is 15.6. The molecule has 0 aliphatic carbocycles. The average Bonchev–Trinajstić information content (AvgIpc) is 2.49. The first kappa shape index (κ1) is 15.4. The standard InChI is InChI=1S/C18H22O3/c1-11-6-13(3)17(7-12(11)2)18(19)14-8-15(20-4)10-16(9-14)21-5/h6-10,18-19H,1-5H3. The molecule has 0 bridgehead atoms. The van der Waals surface area contributed by atoms with Gasteiger partial charge in [-0.25, -0.2) is 0 Å². The van der Waals surface area contributed by atoms with Crippen molar-refractivity contribution in [3.05, 3.63) is 58.1 Å². The first-order chi connectivity index (χ1) is 9.96. The van der Waals surface area contributed by atoms with Gasteiger partial charge in [-0.05, 0) is 60.7 Å². The van der Waals surface area contributed by atoms with Gasteiger partial charge in [0.15, 0.2) is 0 Å². The average molecular weight is 286 g/mol. The highest BCUT2D eigenvalue weighted by Gasteiger charge is 2.16. The summed E-state index contributed by atoms with van der Waals surface area (Å²) in [5.74, 6) is 1.34. The third-order valence-corrected chi connectivity index (χ3v) is 3.87. The zero-order valence-electron chi connectivity index (χ0n) is 13.2. The van der Waals surface area contributed by atoms with Crippen molar-refractivity contribution in [2.45, 2.75) is 26.9 Å². The summed E-state index contributed by atoms with van der Waals surface area (Å²) in [5, 5.41) is 10.7. The molecule has 3 nitrogen and oxygen atoms in total. The van der Waals surface area contributed by atoms with Crippen LogP contribution >= 0.6 is 0 Å². The molecule has 0 spiro atoms. The molecule has 0 aliphatic rings. The highest BCUT2D eigenvalue weighted by Crippen LogP contribution is 2.32. The molecule has 2 aromatic carbocycles. The third kappa shape index (κ3) is 3.19. The summed E-state index contributed by atoms with van der Waals surface area (Å²) in [6, 6.07) is 9.61. The van der Waals surface area contributed by atoms with Gasteiger partial charge in [0.05, 0.1) is 14.2 Å². The van der Waals surface area contributed by atoms with Gasteiger partial charge in [0.2, 0.25) is 0 Å². The third-order valence-electron chi connectivity index (χ3n) is 3.87. The van der Waals surface area contributed by atoms with E-state index in [9.17, 15) is 5.11 Å². The maximum absolute atomic E-state index is 10.7. The van der Waals surface area contributed by atoms with Crippen LogP contribution in [0.15, 0.2) is 30.3 Å². The Balaban J connectivity index is 2.49. The first-order valence-corrected chi connectivity index (χ1v) is 6.95. The summed E-state index contributed by atoms with van der Waals surface area (Å²) >= 11 is 0. The molecular weight excluding hydrogens is 264 g/mol. The van der Waals surface area contributed by atoms with Crippen LogP contribution in [-0.2, 0) is 0 Å². The van der Waals surface area contributed by atoms with Gasteiger partial charge in [-0.2, -0.15) is 0 Å². The van der Waals surface area contributed by atoms with E-state index in [1.165, 1.54) is 11.1 Å². The lowest BCUT2D eigenvalue weighted by atomic mass is 9.93. The van der Waals surface area contributed by atoms with E-state index in [1.54, 1.807) is 20.3 Å². The maximum Gasteiger partial charge on any atom is 0.122 e. The fraction of sp³-hybridized carbons (Fsp3) is 0.333. The predicted molar refractivity (Wildman–Crippen MR) is 84.3 cm³/mol. The number of benzene rings is 2. The molecule has 1 unspecified atom stereocenters. The lowest BCUT2D eigenvalue weighted by Gasteiger charge is -2.18. The number of hydrogen-bond donors (Lipinski definition) is 1. The Bertz CT molecular complexity index is 625. The van der Waals surface area contributed by atoms with Crippen molar-refractivity contribution >= 4 is 0 Å². The molecule has 0 aliphatic heterocycles. The second-order valence-electron chi connectivity index (χ2n) is 5.34. The fourth-order valence-electron chi connectivity index (χ4n) is 2.44. The van der Waals surface area contributed by atoms with Gasteiger partial charge in [-0.3, -0.25) is 0 Å². The maximum atomic E-state index is 10.7. The van der Waals surface area contributed by atoms with Crippen LogP contribution < -0.4 is 9.47 Å². The highest BCUT2D eigenvalue weighted by atomic mass is 16.5. The van der Waals surface area contributed by atoms with E-state index >= 15 is 0 Å². The highest BCUT2D eigenvalue weighted by molar-refractivity contribution is 5.45. The number of aryl methyl sites for hydroxylation is 3. The molecule has 2 rings (SSSR count). The molecule has 0 aromatic heterocycles. The zero-order valence-corrected chi connectivity index (χ0v) is 13.2.